The van der Waals surface area contributed by atoms with E-state index in [0.29, 0.717) is 0 Å². The number of hydrogen-bond acceptors (Lipinski definition) is 1. The normalized spacial score (nSPS) is 24.5. The highest BCUT2D eigenvalue weighted by molar-refractivity contribution is 5.32. The van der Waals surface area contributed by atoms with Crippen molar-refractivity contribution in [3.8, 4) is 0 Å². The molecule has 3 rings (SSSR count). The maximum absolute atomic E-state index is 3.83. The van der Waals surface area contributed by atoms with Crippen molar-refractivity contribution in [3.05, 3.63) is 35.4 Å². The van der Waals surface area contributed by atoms with Gasteiger partial charge in [0.05, 0.1) is 0 Å². The maximum Gasteiger partial charge on any atom is 0.0101 e. The molecule has 1 aromatic rings. The predicted molar refractivity (Wildman–Crippen MR) is 90.8 cm³/mol. The lowest BCUT2D eigenvalue weighted by atomic mass is 9.75. The summed E-state index contributed by atoms with van der Waals surface area (Å²) in [5.74, 6) is 1.72. The molecule has 1 nitrogen and oxygen atoms in total. The van der Waals surface area contributed by atoms with E-state index in [-0.39, 0.29) is 0 Å². The topological polar surface area (TPSA) is 12.0 Å². The van der Waals surface area contributed by atoms with Crippen molar-refractivity contribution < 1.29 is 0 Å². The lowest BCUT2D eigenvalue weighted by molar-refractivity contribution is 0.246. The van der Waals surface area contributed by atoms with Crippen molar-refractivity contribution in [1.82, 2.24) is 5.32 Å². The first-order valence-electron chi connectivity index (χ1n) is 9.19. The van der Waals surface area contributed by atoms with Gasteiger partial charge in [-0.2, -0.15) is 0 Å². The van der Waals surface area contributed by atoms with Crippen LogP contribution >= 0.6 is 0 Å². The van der Waals surface area contributed by atoms with E-state index in [4.69, 9.17) is 0 Å². The average Bonchev–Trinajstić information content (AvgIpc) is 2.55. The molecule has 0 spiro atoms. The van der Waals surface area contributed by atoms with Gasteiger partial charge in [0.25, 0.3) is 0 Å². The van der Waals surface area contributed by atoms with E-state index in [9.17, 15) is 0 Å². The molecule has 2 aliphatic carbocycles. The molecule has 1 fully saturated rings. The molecule has 2 unspecified atom stereocenters. The Morgan fingerprint density at radius 1 is 1.05 bits per heavy atom. The van der Waals surface area contributed by atoms with Crippen LogP contribution in [0.2, 0.25) is 0 Å². The Balaban J connectivity index is 1.71. The molecular formula is C20H31N. The monoisotopic (exact) mass is 285 g/mol. The molecule has 0 saturated heterocycles. The lowest BCUT2D eigenvalue weighted by Gasteiger charge is -2.35. The van der Waals surface area contributed by atoms with E-state index >= 15 is 0 Å². The highest BCUT2D eigenvalue weighted by Crippen LogP contribution is 2.37. The van der Waals surface area contributed by atoms with Crippen LogP contribution < -0.4 is 5.32 Å². The number of hydrogen-bond donors (Lipinski definition) is 1. The SMILES string of the molecule is CCNC(CC1CCCc2ccccc21)C1CCCCC1. The van der Waals surface area contributed by atoms with E-state index < -0.39 is 0 Å². The van der Waals surface area contributed by atoms with Crippen molar-refractivity contribution in [2.24, 2.45) is 5.92 Å². The summed E-state index contributed by atoms with van der Waals surface area (Å²) in [6, 6.07) is 9.93. The molecular weight excluding hydrogens is 254 g/mol. The van der Waals surface area contributed by atoms with Gasteiger partial charge >= 0.3 is 0 Å². The number of fused-ring (bicyclic) bond motifs is 1. The van der Waals surface area contributed by atoms with Crippen molar-refractivity contribution in [3.63, 3.8) is 0 Å². The fraction of sp³-hybridized carbons (Fsp3) is 0.700. The Morgan fingerprint density at radius 2 is 1.86 bits per heavy atom. The first-order chi connectivity index (χ1) is 10.4. The molecule has 2 atom stereocenters. The maximum atomic E-state index is 3.83. The van der Waals surface area contributed by atoms with Crippen molar-refractivity contribution in [1.29, 1.82) is 0 Å². The summed E-state index contributed by atoms with van der Waals surface area (Å²) in [5, 5.41) is 3.83. The van der Waals surface area contributed by atoms with Crippen LogP contribution in [0.3, 0.4) is 0 Å². The fourth-order valence-electron chi connectivity index (χ4n) is 4.65. The van der Waals surface area contributed by atoms with E-state index in [0.717, 1.165) is 24.4 Å². The zero-order valence-corrected chi connectivity index (χ0v) is 13.6. The smallest absolute Gasteiger partial charge is 0.0101 e. The minimum absolute atomic E-state index is 0.742. The molecule has 0 heterocycles. The minimum atomic E-state index is 0.742. The first kappa shape index (κ1) is 15.1. The Kier molecular flexibility index (Phi) is 5.35. The van der Waals surface area contributed by atoms with E-state index in [1.165, 1.54) is 57.8 Å². The zero-order valence-electron chi connectivity index (χ0n) is 13.6. The standard InChI is InChI=1S/C20H31N/c1-2-21-20(17-10-4-3-5-11-17)15-18-13-8-12-16-9-6-7-14-19(16)18/h6-7,9,14,17-18,20-21H,2-5,8,10-13,15H2,1H3. The van der Waals surface area contributed by atoms with Crippen molar-refractivity contribution in [2.45, 2.75) is 76.7 Å². The zero-order chi connectivity index (χ0) is 14.5. The van der Waals surface area contributed by atoms with Crippen LogP contribution in [0, 0.1) is 5.92 Å². The predicted octanol–water partition coefficient (Wildman–Crippen LogP) is 5.06. The second kappa shape index (κ2) is 7.45. The van der Waals surface area contributed by atoms with Crippen LogP contribution in [-0.4, -0.2) is 12.6 Å². The van der Waals surface area contributed by atoms with Crippen LogP contribution in [0.4, 0.5) is 0 Å². The summed E-state index contributed by atoms with van der Waals surface area (Å²) >= 11 is 0. The van der Waals surface area contributed by atoms with Crippen LogP contribution in [0.1, 0.15) is 75.3 Å². The summed E-state index contributed by atoms with van der Waals surface area (Å²) in [6.45, 7) is 3.39. The summed E-state index contributed by atoms with van der Waals surface area (Å²) in [7, 11) is 0. The molecule has 0 aliphatic heterocycles. The molecule has 21 heavy (non-hydrogen) atoms. The number of benzene rings is 1. The summed E-state index contributed by atoms with van der Waals surface area (Å²) in [5.41, 5.74) is 3.27. The lowest BCUT2D eigenvalue weighted by Crippen LogP contribution is -2.38. The Morgan fingerprint density at radius 3 is 2.67 bits per heavy atom. The number of aryl methyl sites for hydroxylation is 1. The van der Waals surface area contributed by atoms with Gasteiger partial charge in [-0.05, 0) is 68.0 Å². The van der Waals surface area contributed by atoms with Crippen LogP contribution in [0.25, 0.3) is 0 Å². The third-order valence-corrected chi connectivity index (χ3v) is 5.72. The van der Waals surface area contributed by atoms with Gasteiger partial charge in [0.15, 0.2) is 0 Å². The highest BCUT2D eigenvalue weighted by atomic mass is 14.9. The van der Waals surface area contributed by atoms with E-state index in [2.05, 4.69) is 36.5 Å². The van der Waals surface area contributed by atoms with E-state index in [1.54, 1.807) is 11.1 Å². The Labute approximate surface area is 130 Å². The third-order valence-electron chi connectivity index (χ3n) is 5.72. The van der Waals surface area contributed by atoms with Gasteiger partial charge in [0.2, 0.25) is 0 Å². The van der Waals surface area contributed by atoms with Gasteiger partial charge in [-0.3, -0.25) is 0 Å². The third kappa shape index (κ3) is 3.69. The Bertz CT molecular complexity index is 433. The second-order valence-electron chi connectivity index (χ2n) is 7.09. The number of nitrogens with one attached hydrogen (secondary N) is 1. The first-order valence-corrected chi connectivity index (χ1v) is 9.19. The van der Waals surface area contributed by atoms with Gasteiger partial charge < -0.3 is 5.32 Å². The number of rotatable bonds is 5. The largest absolute Gasteiger partial charge is 0.314 e. The molecule has 0 aromatic heterocycles. The molecule has 2 aliphatic rings. The molecule has 0 bridgehead atoms. The summed E-state index contributed by atoms with van der Waals surface area (Å²) in [6.07, 6.45) is 12.7. The van der Waals surface area contributed by atoms with Gasteiger partial charge in [-0.25, -0.2) is 0 Å². The molecule has 1 aromatic carbocycles. The van der Waals surface area contributed by atoms with Gasteiger partial charge in [0.1, 0.15) is 0 Å². The van der Waals surface area contributed by atoms with Crippen molar-refractivity contribution >= 4 is 0 Å². The minimum Gasteiger partial charge on any atom is -0.314 e. The van der Waals surface area contributed by atoms with Crippen molar-refractivity contribution in [2.75, 3.05) is 6.54 Å². The average molecular weight is 285 g/mol. The van der Waals surface area contributed by atoms with Crippen LogP contribution in [0.5, 0.6) is 0 Å². The second-order valence-corrected chi connectivity index (χ2v) is 7.09. The highest BCUT2D eigenvalue weighted by Gasteiger charge is 2.28. The summed E-state index contributed by atoms with van der Waals surface area (Å²) < 4.78 is 0. The van der Waals surface area contributed by atoms with Gasteiger partial charge in [0, 0.05) is 6.04 Å². The van der Waals surface area contributed by atoms with Crippen LogP contribution in [0.15, 0.2) is 24.3 Å². The molecule has 1 N–H and O–H groups in total. The fourth-order valence-corrected chi connectivity index (χ4v) is 4.65. The van der Waals surface area contributed by atoms with Gasteiger partial charge in [-0.1, -0.05) is 50.5 Å². The van der Waals surface area contributed by atoms with E-state index in [1.807, 2.05) is 0 Å². The Hall–Kier alpha value is -0.820. The quantitative estimate of drug-likeness (QED) is 0.798. The molecule has 116 valence electrons. The molecule has 1 saturated carbocycles. The molecule has 0 radical (unpaired) electrons. The van der Waals surface area contributed by atoms with Gasteiger partial charge in [-0.15, -0.1) is 0 Å². The van der Waals surface area contributed by atoms with Crippen LogP contribution in [-0.2, 0) is 6.42 Å². The molecule has 1 heteroatoms. The summed E-state index contributed by atoms with van der Waals surface area (Å²) in [4.78, 5) is 0. The molecule has 0 amide bonds.